The normalized spacial score (nSPS) is 9.76. The third kappa shape index (κ3) is 30.2. The Morgan fingerprint density at radius 3 is 1.33 bits per heavy atom. The van der Waals surface area contributed by atoms with Crippen molar-refractivity contribution in [3.63, 3.8) is 0 Å². The summed E-state index contributed by atoms with van der Waals surface area (Å²) in [5.74, 6) is 4.42. The Bertz CT molecular complexity index is 3210. The van der Waals surface area contributed by atoms with Crippen LogP contribution >= 0.6 is 91.0 Å². The number of halogens is 5. The summed E-state index contributed by atoms with van der Waals surface area (Å²) in [6.45, 7) is 13.3. The molecule has 24 nitrogen and oxygen atoms in total. The second-order valence-corrected chi connectivity index (χ2v) is 20.1. The number of esters is 1. The number of hydrogen-bond donors (Lipinski definition) is 5. The van der Waals surface area contributed by atoms with E-state index in [4.69, 9.17) is 77.4 Å². The number of carboxylic acids is 1. The number of carbonyl (C=O) groups excluding carboxylic acids is 1. The molecule has 8 aromatic rings. The van der Waals surface area contributed by atoms with Crippen LogP contribution in [0.2, 0.25) is 0 Å². The maximum Gasteiger partial charge on any atom is 1.00 e. The van der Waals surface area contributed by atoms with E-state index in [1.807, 2.05) is 99.6 Å². The minimum absolute atomic E-state index is 0. The number of ether oxygens (including phenoxy) is 3. The maximum atomic E-state index is 11.5. The minimum Gasteiger partial charge on any atom is -0.870 e. The van der Waals surface area contributed by atoms with Gasteiger partial charge in [0.25, 0.3) is 17.7 Å². The Kier molecular flexibility index (Phi) is 45.1. The molecule has 0 fully saturated rings. The first-order valence-corrected chi connectivity index (χ1v) is 26.7. The van der Waals surface area contributed by atoms with E-state index in [0.717, 1.165) is 27.4 Å². The Hall–Kier alpha value is -5.51. The summed E-state index contributed by atoms with van der Waals surface area (Å²) in [5.41, 5.74) is 9.47. The zero-order valence-corrected chi connectivity index (χ0v) is 56.6. The molecule has 8 rings (SSSR count). The molecule has 3 aromatic heterocycles. The van der Waals surface area contributed by atoms with Crippen LogP contribution in [-0.4, -0.2) is 120 Å². The first-order valence-electron chi connectivity index (χ1n) is 22.6. The van der Waals surface area contributed by atoms with Crippen LogP contribution in [0.15, 0.2) is 140 Å². The van der Waals surface area contributed by atoms with Crippen molar-refractivity contribution in [2.45, 2.75) is 45.4 Å². The van der Waals surface area contributed by atoms with E-state index in [1.54, 1.807) is 83.5 Å². The number of benzene rings is 5. The van der Waals surface area contributed by atoms with Crippen LogP contribution in [0.25, 0.3) is 34.4 Å². The summed E-state index contributed by atoms with van der Waals surface area (Å²) < 4.78 is 40.4. The van der Waals surface area contributed by atoms with Crippen LogP contribution in [0.3, 0.4) is 0 Å². The van der Waals surface area contributed by atoms with Gasteiger partial charge in [-0.2, -0.15) is 20.2 Å². The van der Waals surface area contributed by atoms with Gasteiger partial charge >= 0.3 is 52.8 Å². The number of nitrogens with two attached hydrogens (primary N) is 2. The Morgan fingerprint density at radius 2 is 1.02 bits per heavy atom. The predicted molar refractivity (Wildman–Crippen MR) is 329 cm³/mol. The molecule has 0 aliphatic rings. The summed E-state index contributed by atoms with van der Waals surface area (Å²) in [6.07, 6.45) is 0. The molecule has 0 radical (unpaired) electrons. The number of nitrogens with zero attached hydrogens (tertiary/aromatic N) is 9. The van der Waals surface area contributed by atoms with Crippen LogP contribution in [0.4, 0.5) is 0 Å². The van der Waals surface area contributed by atoms with Crippen LogP contribution in [0.5, 0.6) is 0 Å². The third-order valence-corrected chi connectivity index (χ3v) is 12.3. The molecule has 8 N–H and O–H groups in total. The van der Waals surface area contributed by atoms with Gasteiger partial charge in [-0.15, -0.1) is 23.2 Å². The minimum atomic E-state index is -1.01. The number of hydrogen-bond acceptors (Lipinski definition) is 21. The molecule has 0 amide bonds. The molecule has 3 heterocycles. The molecule has 0 unspecified atom stereocenters. The van der Waals surface area contributed by atoms with Crippen molar-refractivity contribution >= 4 is 109 Å². The van der Waals surface area contributed by atoms with Crippen LogP contribution in [-0.2, 0) is 18.9 Å². The van der Waals surface area contributed by atoms with E-state index < -0.39 is 17.8 Å². The number of rotatable bonds is 9. The van der Waals surface area contributed by atoms with Crippen molar-refractivity contribution in [2.24, 2.45) is 16.8 Å². The predicted octanol–water partition coefficient (Wildman–Crippen LogP) is 8.22. The largest absolute Gasteiger partial charge is 1.00 e. The van der Waals surface area contributed by atoms with Gasteiger partial charge in [0.15, 0.2) is 23.3 Å². The van der Waals surface area contributed by atoms with Gasteiger partial charge in [0.2, 0.25) is 5.91 Å². The average molecular weight is 1530 g/mol. The maximum absolute atomic E-state index is 11.5. The first-order chi connectivity index (χ1) is 38.6. The Morgan fingerprint density at radius 1 is 0.687 bits per heavy atom. The number of nitriles is 1. The molecule has 0 spiro atoms. The van der Waals surface area contributed by atoms with Gasteiger partial charge in [0.1, 0.15) is 10.9 Å². The van der Waals surface area contributed by atoms with Gasteiger partial charge < -0.3 is 54.5 Å². The van der Waals surface area contributed by atoms with E-state index in [2.05, 4.69) is 127 Å². The molecule has 0 aliphatic carbocycles. The fourth-order valence-corrected chi connectivity index (χ4v) is 7.18. The standard InChI is InChI=1S/C11H10N2O3.C10H8N2O3.C9H7IN2O.C7H7IN2O.C7H4IN.C6H15NO2.C2H4Cl2.CO.H3NO.Na.H2O/c1-7-12-10(16-13-7)8-5-3-4-6-9(8)11(14)15-2;1-6-11-9(15-12-6)7-4-2-3-5-8(7)10(13)14;1-6-11-9(13-12-6)7-4-2-3-5-8(7)10;8-6-4-2-1-3-5(6)7(9)10-11;8-7-4-2-1-3-6(7)5-9;1-6(8-4,9-5)7(2)3;1-2(3)4;2*1-2;;/h3-6H,1-2H3;2-5H,1H3,(H,13,14);2-5H,1H3;1-4,11H,(H2,9,10);1-4H;1-5H3;2H,1H3;;2H,1H2;;1H2/q;;;;;;;;;+1;/p-1. The molecule has 83 heavy (non-hydrogen) atoms. The fourth-order valence-electron chi connectivity index (χ4n) is 5.39. The summed E-state index contributed by atoms with van der Waals surface area (Å²) in [7, 11) is 8.35. The van der Waals surface area contributed by atoms with E-state index >= 15 is 0 Å². The van der Waals surface area contributed by atoms with Gasteiger partial charge in [0.05, 0.1) is 40.5 Å². The Labute approximate surface area is 552 Å². The van der Waals surface area contributed by atoms with Gasteiger partial charge in [-0.3, -0.25) is 4.90 Å². The summed E-state index contributed by atoms with van der Waals surface area (Å²) in [4.78, 5) is 36.3. The topological polar surface area (TPSA) is 381 Å². The number of aromatic carboxylic acids is 1. The molecule has 0 atom stereocenters. The van der Waals surface area contributed by atoms with E-state index in [0.29, 0.717) is 45.9 Å². The number of alkyl halides is 2. The van der Waals surface area contributed by atoms with Crippen molar-refractivity contribution < 1.29 is 92.6 Å². The molecular weight excluding hydrogens is 1470 g/mol. The average Bonchev–Trinajstić information content (AvgIpc) is 4.25. The summed E-state index contributed by atoms with van der Waals surface area (Å²) in [5, 5.41) is 46.2. The van der Waals surface area contributed by atoms with Crippen molar-refractivity contribution in [2.75, 3.05) is 35.4 Å². The number of aryl methyl sites for hydroxylation is 3. The van der Waals surface area contributed by atoms with Crippen LogP contribution in [0, 0.1) is 49.5 Å². The van der Waals surface area contributed by atoms with Gasteiger partial charge in [-0.25, -0.2) is 15.5 Å². The van der Waals surface area contributed by atoms with Crippen LogP contribution < -0.4 is 41.2 Å². The smallest absolute Gasteiger partial charge is 0.870 e. The van der Waals surface area contributed by atoms with Crippen molar-refractivity contribution in [3.05, 3.63) is 178 Å². The van der Waals surface area contributed by atoms with Gasteiger partial charge in [-0.1, -0.05) is 87.4 Å². The molecule has 0 aliphatic heterocycles. The summed E-state index contributed by atoms with van der Waals surface area (Å²) >= 11 is 16.6. The van der Waals surface area contributed by atoms with Crippen molar-refractivity contribution in [3.8, 4) is 40.4 Å². The number of carboxylic acid groups (broad SMARTS) is 1. The van der Waals surface area contributed by atoms with E-state index in [-0.39, 0.29) is 57.2 Å². The van der Waals surface area contributed by atoms with Gasteiger partial charge in [-0.05, 0) is 164 Å². The van der Waals surface area contributed by atoms with Gasteiger partial charge in [0, 0.05) is 37.4 Å². The molecule has 0 bridgehead atoms. The molecule has 30 heteroatoms. The molecular formula is C53H59Cl2I3N11NaO13. The first kappa shape index (κ1) is 81.7. The number of carbonyl (C=O) groups is 2. The van der Waals surface area contributed by atoms with E-state index in [1.165, 1.54) is 13.2 Å². The molecule has 5 aromatic carbocycles. The SMILES string of the molecule is CC(Cl)Cl.COC(=O)c1ccccc1-c1nc(C)no1.COC(C)(OC)N(C)C.Cc1noc(-c2ccccc2C(=O)O)n1.Cc1noc(-c2ccccc2I)n1.N#Cc1ccccc1I.NC(=NO)c1ccccc1I.NO.[C-]#[O+].[Na+].[OH-]. The number of amidine groups is 1. The molecule has 440 valence electrons. The number of aromatic nitrogens is 6. The summed E-state index contributed by atoms with van der Waals surface area (Å²) in [6, 6.07) is 38.4. The second kappa shape index (κ2) is 45.9. The zero-order valence-electron chi connectivity index (χ0n) is 46.7. The third-order valence-electron chi connectivity index (χ3n) is 9.46. The number of methoxy groups -OCH3 is 3. The zero-order chi connectivity index (χ0) is 61.7. The van der Waals surface area contributed by atoms with E-state index in [9.17, 15) is 9.59 Å². The fraction of sp³-hybridized carbons (Fsp3) is 0.226. The quantitative estimate of drug-likeness (QED) is 0.00776. The second-order valence-electron chi connectivity index (χ2n) is 15.1. The van der Waals surface area contributed by atoms with Crippen LogP contribution in [0.1, 0.15) is 63.2 Å². The monoisotopic (exact) mass is 1530 g/mol. The molecule has 0 saturated carbocycles. The van der Waals surface area contributed by atoms with Crippen molar-refractivity contribution in [1.82, 2.24) is 35.3 Å². The Balaban J connectivity index is -0.000000907. The van der Waals surface area contributed by atoms with Crippen molar-refractivity contribution in [1.29, 1.82) is 5.26 Å². The molecule has 0 saturated heterocycles. The number of oxime groups is 1.